The van der Waals surface area contributed by atoms with Gasteiger partial charge in [-0.2, -0.15) is 0 Å². The predicted molar refractivity (Wildman–Crippen MR) is 87.3 cm³/mol. The van der Waals surface area contributed by atoms with E-state index in [0.717, 1.165) is 29.6 Å². The zero-order valence-corrected chi connectivity index (χ0v) is 14.6. The van der Waals surface area contributed by atoms with E-state index >= 15 is 0 Å². The first kappa shape index (κ1) is 17.1. The average molecular weight is 267 g/mol. The molecule has 0 radical (unpaired) electrons. The van der Waals surface area contributed by atoms with Crippen LogP contribution in [0, 0.1) is 35.0 Å². The monoisotopic (exact) mass is 266 g/mol. The van der Waals surface area contributed by atoms with Gasteiger partial charge in [0.2, 0.25) is 0 Å². The molecule has 0 spiro atoms. The van der Waals surface area contributed by atoms with Crippen LogP contribution in [0.2, 0.25) is 0 Å². The first-order valence-electron chi connectivity index (χ1n) is 8.84. The summed E-state index contributed by atoms with van der Waals surface area (Å²) in [5.74, 6) is 4.76. The van der Waals surface area contributed by atoms with Crippen LogP contribution in [0.5, 0.6) is 0 Å². The molecule has 0 aliphatic heterocycles. The van der Waals surface area contributed by atoms with Crippen molar-refractivity contribution in [3.05, 3.63) is 0 Å². The Labute approximate surface area is 122 Å². The van der Waals surface area contributed by atoms with E-state index in [1.165, 1.54) is 38.5 Å². The second-order valence-electron chi connectivity index (χ2n) is 8.18. The molecule has 0 aromatic rings. The van der Waals surface area contributed by atoms with E-state index in [-0.39, 0.29) is 0 Å². The van der Waals surface area contributed by atoms with Crippen molar-refractivity contribution in [2.24, 2.45) is 35.0 Å². The standard InChI is InChI=1S/C19H38/c1-8-15(5)10-11-17-16(6)12-18(17)19(7,9-2)13-14(3)4/h14-18H,8-13H2,1-7H3. The molecule has 5 unspecified atom stereocenters. The lowest BCUT2D eigenvalue weighted by Gasteiger charge is -2.54. The maximum Gasteiger partial charge on any atom is -0.0295 e. The van der Waals surface area contributed by atoms with E-state index in [1.54, 1.807) is 0 Å². The third-order valence-electron chi connectivity index (χ3n) is 6.14. The molecular weight excluding hydrogens is 228 g/mol. The molecule has 1 rings (SSSR count). The van der Waals surface area contributed by atoms with Crippen molar-refractivity contribution in [1.82, 2.24) is 0 Å². The average Bonchev–Trinajstić information content (AvgIpc) is 2.34. The highest BCUT2D eigenvalue weighted by Crippen LogP contribution is 2.55. The van der Waals surface area contributed by atoms with Crippen molar-refractivity contribution in [2.45, 2.75) is 87.0 Å². The van der Waals surface area contributed by atoms with Crippen LogP contribution in [-0.2, 0) is 0 Å². The predicted octanol–water partition coefficient (Wildman–Crippen LogP) is 6.55. The summed E-state index contributed by atoms with van der Waals surface area (Å²) < 4.78 is 0. The Morgan fingerprint density at radius 2 is 1.79 bits per heavy atom. The lowest BCUT2D eigenvalue weighted by Crippen LogP contribution is -2.45. The van der Waals surface area contributed by atoms with Gasteiger partial charge in [0, 0.05) is 0 Å². The van der Waals surface area contributed by atoms with Crippen LogP contribution >= 0.6 is 0 Å². The number of hydrogen-bond acceptors (Lipinski definition) is 0. The van der Waals surface area contributed by atoms with Gasteiger partial charge >= 0.3 is 0 Å². The lowest BCUT2D eigenvalue weighted by atomic mass is 9.51. The molecule has 0 amide bonds. The largest absolute Gasteiger partial charge is 0.0651 e. The van der Waals surface area contributed by atoms with Crippen molar-refractivity contribution in [2.75, 3.05) is 0 Å². The van der Waals surface area contributed by atoms with E-state index < -0.39 is 0 Å². The van der Waals surface area contributed by atoms with Crippen molar-refractivity contribution >= 4 is 0 Å². The van der Waals surface area contributed by atoms with Crippen LogP contribution in [0.25, 0.3) is 0 Å². The number of rotatable bonds is 8. The minimum absolute atomic E-state index is 0.598. The lowest BCUT2D eigenvalue weighted by molar-refractivity contribution is -0.0421. The summed E-state index contributed by atoms with van der Waals surface area (Å²) in [4.78, 5) is 0. The van der Waals surface area contributed by atoms with Crippen molar-refractivity contribution in [1.29, 1.82) is 0 Å². The summed E-state index contributed by atoms with van der Waals surface area (Å²) >= 11 is 0. The van der Waals surface area contributed by atoms with Gasteiger partial charge in [0.1, 0.15) is 0 Å². The van der Waals surface area contributed by atoms with E-state index in [0.29, 0.717) is 5.41 Å². The fraction of sp³-hybridized carbons (Fsp3) is 1.00. The second-order valence-corrected chi connectivity index (χ2v) is 8.18. The zero-order chi connectivity index (χ0) is 14.6. The molecule has 114 valence electrons. The Hall–Kier alpha value is 0. The summed E-state index contributed by atoms with van der Waals surface area (Å²) in [6.07, 6.45) is 8.55. The third-order valence-corrected chi connectivity index (χ3v) is 6.14. The van der Waals surface area contributed by atoms with Crippen LogP contribution in [0.4, 0.5) is 0 Å². The van der Waals surface area contributed by atoms with Crippen LogP contribution < -0.4 is 0 Å². The quantitative estimate of drug-likeness (QED) is 0.467. The van der Waals surface area contributed by atoms with Crippen LogP contribution in [-0.4, -0.2) is 0 Å². The highest BCUT2D eigenvalue weighted by molar-refractivity contribution is 4.96. The fourth-order valence-electron chi connectivity index (χ4n) is 4.41. The van der Waals surface area contributed by atoms with Crippen molar-refractivity contribution in [3.63, 3.8) is 0 Å². The first-order valence-corrected chi connectivity index (χ1v) is 8.84. The van der Waals surface area contributed by atoms with Crippen LogP contribution in [0.1, 0.15) is 87.0 Å². The van der Waals surface area contributed by atoms with Gasteiger partial charge in [0.05, 0.1) is 0 Å². The Morgan fingerprint density at radius 3 is 2.21 bits per heavy atom. The summed E-state index contributed by atoms with van der Waals surface area (Å²) in [5, 5.41) is 0. The maximum atomic E-state index is 2.57. The molecule has 1 aliphatic rings. The summed E-state index contributed by atoms with van der Waals surface area (Å²) in [5.41, 5.74) is 0.598. The fourth-order valence-corrected chi connectivity index (χ4v) is 4.41. The van der Waals surface area contributed by atoms with E-state index in [1.807, 2.05) is 0 Å². The van der Waals surface area contributed by atoms with E-state index in [2.05, 4.69) is 48.5 Å². The smallest absolute Gasteiger partial charge is 0.0295 e. The highest BCUT2D eigenvalue weighted by Gasteiger charge is 2.47. The first-order chi connectivity index (χ1) is 8.84. The second kappa shape index (κ2) is 7.14. The molecule has 0 aromatic heterocycles. The Morgan fingerprint density at radius 1 is 1.16 bits per heavy atom. The topological polar surface area (TPSA) is 0 Å². The van der Waals surface area contributed by atoms with Gasteiger partial charge in [-0.05, 0) is 54.3 Å². The van der Waals surface area contributed by atoms with Crippen LogP contribution in [0.3, 0.4) is 0 Å². The third kappa shape index (κ3) is 4.23. The molecule has 1 saturated carbocycles. The summed E-state index contributed by atoms with van der Waals surface area (Å²) in [6.45, 7) is 17.0. The number of hydrogen-bond donors (Lipinski definition) is 0. The minimum atomic E-state index is 0.598. The van der Waals surface area contributed by atoms with Gasteiger partial charge in [-0.15, -0.1) is 0 Å². The Balaban J connectivity index is 2.60. The minimum Gasteiger partial charge on any atom is -0.0651 e. The summed E-state index contributed by atoms with van der Waals surface area (Å²) in [6, 6.07) is 0. The van der Waals surface area contributed by atoms with Crippen molar-refractivity contribution < 1.29 is 0 Å². The molecule has 0 aromatic carbocycles. The van der Waals surface area contributed by atoms with Crippen molar-refractivity contribution in [3.8, 4) is 0 Å². The maximum absolute atomic E-state index is 2.57. The highest BCUT2D eigenvalue weighted by atomic mass is 14.5. The molecule has 19 heavy (non-hydrogen) atoms. The van der Waals surface area contributed by atoms with Crippen LogP contribution in [0.15, 0.2) is 0 Å². The molecule has 0 heterocycles. The van der Waals surface area contributed by atoms with Gasteiger partial charge in [0.15, 0.2) is 0 Å². The molecular formula is C19H38. The molecule has 0 heteroatoms. The molecule has 1 aliphatic carbocycles. The summed E-state index contributed by atoms with van der Waals surface area (Å²) in [7, 11) is 0. The van der Waals surface area contributed by atoms with Gasteiger partial charge in [-0.1, -0.05) is 67.7 Å². The molecule has 5 atom stereocenters. The molecule has 1 fully saturated rings. The van der Waals surface area contributed by atoms with E-state index in [4.69, 9.17) is 0 Å². The molecule has 0 saturated heterocycles. The molecule has 0 nitrogen and oxygen atoms in total. The Kier molecular flexibility index (Phi) is 6.40. The Bertz CT molecular complexity index is 255. The van der Waals surface area contributed by atoms with Gasteiger partial charge < -0.3 is 0 Å². The normalized spacial score (nSPS) is 31.9. The van der Waals surface area contributed by atoms with Gasteiger partial charge in [0.25, 0.3) is 0 Å². The van der Waals surface area contributed by atoms with E-state index in [9.17, 15) is 0 Å². The molecule has 0 N–H and O–H groups in total. The van der Waals surface area contributed by atoms with Gasteiger partial charge in [-0.25, -0.2) is 0 Å². The SMILES string of the molecule is CCC(C)CCC1C(C)CC1C(C)(CC)CC(C)C. The van der Waals surface area contributed by atoms with Gasteiger partial charge in [-0.3, -0.25) is 0 Å². The molecule has 0 bridgehead atoms. The zero-order valence-electron chi connectivity index (χ0n) is 14.6.